The lowest BCUT2D eigenvalue weighted by Gasteiger charge is -2.09. The van der Waals surface area contributed by atoms with Crippen molar-refractivity contribution in [3.8, 4) is 0 Å². The van der Waals surface area contributed by atoms with E-state index >= 15 is 0 Å². The molecule has 1 fully saturated rings. The lowest BCUT2D eigenvalue weighted by molar-refractivity contribution is 0.187. The molecule has 4 heteroatoms. The topological polar surface area (TPSA) is 47.0 Å². The van der Waals surface area contributed by atoms with Gasteiger partial charge in [-0.3, -0.25) is 0 Å². The summed E-state index contributed by atoms with van der Waals surface area (Å²) in [5, 5.41) is 3.28. The lowest BCUT2D eigenvalue weighted by atomic mass is 10.1. The van der Waals surface area contributed by atoms with Gasteiger partial charge in [-0.05, 0) is 6.42 Å². The van der Waals surface area contributed by atoms with Crippen LogP contribution in [0.4, 0.5) is 5.69 Å². The lowest BCUT2D eigenvalue weighted by Crippen LogP contribution is -2.14. The van der Waals surface area contributed by atoms with Gasteiger partial charge >= 0.3 is 0 Å². The molecule has 1 aromatic heterocycles. The molecular weight excluding hydrogens is 166 g/mol. The first kappa shape index (κ1) is 8.44. The third-order valence-electron chi connectivity index (χ3n) is 2.18. The molecule has 2 heterocycles. The van der Waals surface area contributed by atoms with E-state index in [1.807, 2.05) is 0 Å². The van der Waals surface area contributed by atoms with Gasteiger partial charge < -0.3 is 10.1 Å². The Bertz CT molecular complexity index is 246. The zero-order valence-electron chi connectivity index (χ0n) is 7.44. The predicted octanol–water partition coefficient (Wildman–Crippen LogP) is 0.925. The summed E-state index contributed by atoms with van der Waals surface area (Å²) < 4.78 is 5.27. The fraction of sp³-hybridized carbons (Fsp3) is 0.556. The van der Waals surface area contributed by atoms with Crippen LogP contribution in [-0.4, -0.2) is 29.7 Å². The number of hydrogen-bond acceptors (Lipinski definition) is 4. The number of nitrogens with zero attached hydrogens (tertiary/aromatic N) is 2. The van der Waals surface area contributed by atoms with E-state index in [2.05, 4.69) is 15.3 Å². The molecule has 2 rings (SSSR count). The molecule has 13 heavy (non-hydrogen) atoms. The van der Waals surface area contributed by atoms with E-state index in [0.717, 1.165) is 31.9 Å². The minimum atomic E-state index is 0.639. The second-order valence-electron chi connectivity index (χ2n) is 3.24. The summed E-state index contributed by atoms with van der Waals surface area (Å²) in [5.74, 6) is 0.639. The zero-order valence-corrected chi connectivity index (χ0v) is 7.44. The Morgan fingerprint density at radius 1 is 1.46 bits per heavy atom. The minimum absolute atomic E-state index is 0.639. The molecule has 1 aromatic rings. The number of nitrogens with one attached hydrogen (secondary N) is 1. The molecule has 0 aliphatic carbocycles. The van der Waals surface area contributed by atoms with E-state index in [1.165, 1.54) is 6.33 Å². The van der Waals surface area contributed by atoms with Gasteiger partial charge in [-0.1, -0.05) is 0 Å². The Labute approximate surface area is 77.4 Å². The molecule has 0 radical (unpaired) electrons. The van der Waals surface area contributed by atoms with E-state index in [1.54, 1.807) is 12.4 Å². The van der Waals surface area contributed by atoms with Gasteiger partial charge in [0.1, 0.15) is 6.33 Å². The highest BCUT2D eigenvalue weighted by Gasteiger charge is 2.14. The first-order valence-electron chi connectivity index (χ1n) is 4.52. The third kappa shape index (κ3) is 2.39. The molecular formula is C9H13N3O. The van der Waals surface area contributed by atoms with Gasteiger partial charge in [0.25, 0.3) is 0 Å². The Morgan fingerprint density at radius 2 is 2.31 bits per heavy atom. The molecule has 70 valence electrons. The maximum Gasteiger partial charge on any atom is 0.115 e. The van der Waals surface area contributed by atoms with Gasteiger partial charge in [0, 0.05) is 19.1 Å². The first-order chi connectivity index (χ1) is 6.45. The molecule has 1 aliphatic rings. The quantitative estimate of drug-likeness (QED) is 0.749. The second kappa shape index (κ2) is 4.18. The average molecular weight is 179 g/mol. The third-order valence-corrected chi connectivity index (χ3v) is 2.18. The summed E-state index contributed by atoms with van der Waals surface area (Å²) >= 11 is 0. The van der Waals surface area contributed by atoms with Crippen molar-refractivity contribution in [2.24, 2.45) is 5.92 Å². The molecule has 1 unspecified atom stereocenters. The van der Waals surface area contributed by atoms with Crippen LogP contribution in [0.5, 0.6) is 0 Å². The van der Waals surface area contributed by atoms with E-state index in [0.29, 0.717) is 5.92 Å². The Balaban J connectivity index is 1.79. The maximum absolute atomic E-state index is 5.27. The van der Waals surface area contributed by atoms with Crippen molar-refractivity contribution in [3.05, 3.63) is 18.7 Å². The molecule has 0 bridgehead atoms. The summed E-state index contributed by atoms with van der Waals surface area (Å²) in [7, 11) is 0. The van der Waals surface area contributed by atoms with Crippen molar-refractivity contribution >= 4 is 5.69 Å². The summed E-state index contributed by atoms with van der Waals surface area (Å²) in [5.41, 5.74) is 0.981. The molecule has 1 aliphatic heterocycles. The fourth-order valence-electron chi connectivity index (χ4n) is 1.40. The van der Waals surface area contributed by atoms with E-state index < -0.39 is 0 Å². The van der Waals surface area contributed by atoms with Crippen LogP contribution in [0.15, 0.2) is 18.7 Å². The summed E-state index contributed by atoms with van der Waals surface area (Å²) in [6.07, 6.45) is 6.25. The SMILES string of the molecule is c1ncc(NCC2CCOC2)cn1. The highest BCUT2D eigenvalue weighted by atomic mass is 16.5. The van der Waals surface area contributed by atoms with E-state index in [-0.39, 0.29) is 0 Å². The van der Waals surface area contributed by atoms with Gasteiger partial charge in [-0.2, -0.15) is 0 Å². The molecule has 1 atom stereocenters. The molecule has 0 amide bonds. The minimum Gasteiger partial charge on any atom is -0.382 e. The van der Waals surface area contributed by atoms with Crippen LogP contribution in [0.3, 0.4) is 0 Å². The number of rotatable bonds is 3. The average Bonchev–Trinajstić information content (AvgIpc) is 2.69. The van der Waals surface area contributed by atoms with Crippen LogP contribution in [0.1, 0.15) is 6.42 Å². The summed E-state index contributed by atoms with van der Waals surface area (Å²) in [6.45, 7) is 2.73. The van der Waals surface area contributed by atoms with Crippen molar-refractivity contribution in [3.63, 3.8) is 0 Å². The van der Waals surface area contributed by atoms with Crippen LogP contribution in [0.25, 0.3) is 0 Å². The van der Waals surface area contributed by atoms with Crippen LogP contribution in [0, 0.1) is 5.92 Å². The second-order valence-corrected chi connectivity index (χ2v) is 3.24. The number of aromatic nitrogens is 2. The molecule has 0 saturated carbocycles. The van der Waals surface area contributed by atoms with Crippen molar-refractivity contribution in [2.75, 3.05) is 25.1 Å². The van der Waals surface area contributed by atoms with E-state index in [4.69, 9.17) is 4.74 Å². The number of hydrogen-bond donors (Lipinski definition) is 1. The van der Waals surface area contributed by atoms with Crippen molar-refractivity contribution in [1.29, 1.82) is 0 Å². The van der Waals surface area contributed by atoms with Gasteiger partial charge in [0.15, 0.2) is 0 Å². The largest absolute Gasteiger partial charge is 0.382 e. The Kier molecular flexibility index (Phi) is 2.72. The standard InChI is InChI=1S/C9H13N3O/c1-2-13-6-8(1)3-12-9-4-10-7-11-5-9/h4-5,7-8,12H,1-3,6H2. The van der Waals surface area contributed by atoms with Crippen molar-refractivity contribution in [2.45, 2.75) is 6.42 Å². The molecule has 1 N–H and O–H groups in total. The normalized spacial score (nSPS) is 21.7. The summed E-state index contributed by atoms with van der Waals surface area (Å²) in [6, 6.07) is 0. The van der Waals surface area contributed by atoms with Crippen LogP contribution < -0.4 is 5.32 Å². The molecule has 0 spiro atoms. The summed E-state index contributed by atoms with van der Waals surface area (Å²) in [4.78, 5) is 7.85. The zero-order chi connectivity index (χ0) is 8.93. The van der Waals surface area contributed by atoms with Gasteiger partial charge in [-0.15, -0.1) is 0 Å². The molecule has 4 nitrogen and oxygen atoms in total. The predicted molar refractivity (Wildman–Crippen MR) is 49.4 cm³/mol. The van der Waals surface area contributed by atoms with Crippen LogP contribution in [-0.2, 0) is 4.74 Å². The first-order valence-corrected chi connectivity index (χ1v) is 4.52. The molecule has 1 saturated heterocycles. The van der Waals surface area contributed by atoms with Crippen LogP contribution in [0.2, 0.25) is 0 Å². The highest BCUT2D eigenvalue weighted by molar-refractivity contribution is 5.36. The Hall–Kier alpha value is -1.16. The smallest absolute Gasteiger partial charge is 0.115 e. The van der Waals surface area contributed by atoms with Crippen molar-refractivity contribution < 1.29 is 4.74 Å². The highest BCUT2D eigenvalue weighted by Crippen LogP contribution is 2.12. The number of ether oxygens (including phenoxy) is 1. The monoisotopic (exact) mass is 179 g/mol. The van der Waals surface area contributed by atoms with Gasteiger partial charge in [-0.25, -0.2) is 9.97 Å². The maximum atomic E-state index is 5.27. The number of anilines is 1. The van der Waals surface area contributed by atoms with Gasteiger partial charge in [0.2, 0.25) is 0 Å². The van der Waals surface area contributed by atoms with Crippen molar-refractivity contribution in [1.82, 2.24) is 9.97 Å². The van der Waals surface area contributed by atoms with Gasteiger partial charge in [0.05, 0.1) is 24.7 Å². The molecule has 0 aromatic carbocycles. The van der Waals surface area contributed by atoms with E-state index in [9.17, 15) is 0 Å². The Morgan fingerprint density at radius 3 is 3.00 bits per heavy atom. The fourth-order valence-corrected chi connectivity index (χ4v) is 1.40. The van der Waals surface area contributed by atoms with Crippen LogP contribution >= 0.6 is 0 Å².